The van der Waals surface area contributed by atoms with Gasteiger partial charge in [-0.15, -0.1) is 0 Å². The molecule has 0 radical (unpaired) electrons. The van der Waals surface area contributed by atoms with Crippen LogP contribution >= 0.6 is 23.2 Å². The lowest BCUT2D eigenvalue weighted by atomic mass is 9.67. The van der Waals surface area contributed by atoms with Crippen LogP contribution in [-0.4, -0.2) is 39.1 Å². The Morgan fingerprint density at radius 2 is 1.82 bits per heavy atom. The molecule has 1 fully saturated rings. The lowest BCUT2D eigenvalue weighted by Gasteiger charge is -2.52. The first-order valence-electron chi connectivity index (χ1n) is 11.3. The minimum absolute atomic E-state index is 0.185. The number of aliphatic hydroxyl groups excluding tert-OH is 1. The number of hydrogen-bond acceptors (Lipinski definition) is 3. The van der Waals surface area contributed by atoms with Crippen LogP contribution in [0.15, 0.2) is 48.5 Å². The number of rotatable bonds is 8. The number of carbonyl (C=O) groups is 2. The first kappa shape index (κ1) is 25.5. The predicted octanol–water partition coefficient (Wildman–Crippen LogP) is 6.08. The number of aliphatic carboxylic acids is 1. The summed E-state index contributed by atoms with van der Waals surface area (Å²) < 4.78 is 0. The summed E-state index contributed by atoms with van der Waals surface area (Å²) in [5.41, 5.74) is 0.774. The first-order chi connectivity index (χ1) is 15.6. The highest BCUT2D eigenvalue weighted by atomic mass is 35.5. The average Bonchev–Trinajstić information content (AvgIpc) is 2.74. The van der Waals surface area contributed by atoms with Crippen molar-refractivity contribution >= 4 is 35.1 Å². The lowest BCUT2D eigenvalue weighted by Crippen LogP contribution is -2.56. The van der Waals surface area contributed by atoms with Crippen molar-refractivity contribution in [1.29, 1.82) is 0 Å². The van der Waals surface area contributed by atoms with Crippen LogP contribution in [0, 0.1) is 5.41 Å². The summed E-state index contributed by atoms with van der Waals surface area (Å²) in [5.74, 6) is -1.39. The van der Waals surface area contributed by atoms with Gasteiger partial charge in [-0.25, -0.2) is 0 Å². The summed E-state index contributed by atoms with van der Waals surface area (Å²) in [7, 11) is 0. The van der Waals surface area contributed by atoms with E-state index in [1.54, 1.807) is 32.0 Å². The van der Waals surface area contributed by atoms with Crippen molar-refractivity contribution in [2.45, 2.75) is 70.6 Å². The SMILES string of the molecule is CCC(CC(C)O)N1C(=O)[C@@](C)(CC(=O)O)CC(c2cccc(Cl)c2)C1c1ccc(Cl)cc1. The van der Waals surface area contributed by atoms with Crippen LogP contribution in [0.25, 0.3) is 0 Å². The van der Waals surface area contributed by atoms with Gasteiger partial charge < -0.3 is 15.1 Å². The van der Waals surface area contributed by atoms with Crippen LogP contribution in [0.2, 0.25) is 10.0 Å². The van der Waals surface area contributed by atoms with E-state index in [4.69, 9.17) is 23.2 Å². The Kier molecular flexibility index (Phi) is 8.09. The number of carboxylic acid groups (broad SMARTS) is 1. The van der Waals surface area contributed by atoms with Crippen LogP contribution in [-0.2, 0) is 9.59 Å². The molecule has 0 aliphatic carbocycles. The Morgan fingerprint density at radius 3 is 2.36 bits per heavy atom. The maximum atomic E-state index is 14.0. The molecule has 5 atom stereocenters. The number of amides is 1. The summed E-state index contributed by atoms with van der Waals surface area (Å²) in [4.78, 5) is 27.6. The Labute approximate surface area is 205 Å². The van der Waals surface area contributed by atoms with Gasteiger partial charge >= 0.3 is 5.97 Å². The summed E-state index contributed by atoms with van der Waals surface area (Å²) in [5, 5.41) is 21.0. The van der Waals surface area contributed by atoms with Crippen molar-refractivity contribution < 1.29 is 19.8 Å². The monoisotopic (exact) mass is 491 g/mol. The molecule has 0 aromatic heterocycles. The van der Waals surface area contributed by atoms with E-state index in [0.717, 1.165) is 11.1 Å². The van der Waals surface area contributed by atoms with Crippen molar-refractivity contribution in [3.8, 4) is 0 Å². The fourth-order valence-corrected chi connectivity index (χ4v) is 5.48. The number of aliphatic hydroxyl groups is 1. The number of carbonyl (C=O) groups excluding carboxylic acids is 1. The fourth-order valence-electron chi connectivity index (χ4n) is 5.15. The number of carboxylic acids is 1. The highest BCUT2D eigenvalue weighted by molar-refractivity contribution is 6.30. The maximum Gasteiger partial charge on any atom is 0.304 e. The van der Waals surface area contributed by atoms with Crippen LogP contribution in [0.5, 0.6) is 0 Å². The minimum Gasteiger partial charge on any atom is -0.481 e. The first-order valence-corrected chi connectivity index (χ1v) is 12.0. The number of hydrogen-bond donors (Lipinski definition) is 2. The number of likely N-dealkylation sites (tertiary alicyclic amines) is 1. The van der Waals surface area contributed by atoms with Gasteiger partial charge in [-0.3, -0.25) is 9.59 Å². The second-order valence-corrected chi connectivity index (χ2v) is 10.2. The van der Waals surface area contributed by atoms with Gasteiger partial charge in [0.15, 0.2) is 0 Å². The Hall–Kier alpha value is -2.08. The zero-order chi connectivity index (χ0) is 24.3. The van der Waals surface area contributed by atoms with E-state index >= 15 is 0 Å². The second kappa shape index (κ2) is 10.5. The number of benzene rings is 2. The minimum atomic E-state index is -1.09. The molecule has 0 spiro atoms. The normalized spacial score (nSPS) is 25.0. The molecule has 7 heteroatoms. The standard InChI is InChI=1S/C26H31Cl2NO4/c1-4-21(12-16(2)30)29-24(17-8-10-19(27)11-9-17)22(18-6-5-7-20(28)13-18)14-26(3,25(29)33)15-23(31)32/h5-11,13,16,21-22,24,30H,4,12,14-15H2,1-3H3,(H,31,32)/t16?,21?,22?,24?,26-/m1/s1. The zero-order valence-electron chi connectivity index (χ0n) is 19.2. The molecule has 1 heterocycles. The van der Waals surface area contributed by atoms with Gasteiger partial charge in [0.25, 0.3) is 0 Å². The number of piperidine rings is 1. The van der Waals surface area contributed by atoms with Crippen LogP contribution in [0.4, 0.5) is 0 Å². The van der Waals surface area contributed by atoms with E-state index in [9.17, 15) is 19.8 Å². The highest BCUT2D eigenvalue weighted by Crippen LogP contribution is 2.52. The second-order valence-electron chi connectivity index (χ2n) is 9.35. The molecule has 0 saturated carbocycles. The van der Waals surface area contributed by atoms with Gasteiger partial charge in [0, 0.05) is 22.0 Å². The molecule has 2 aromatic rings. The molecule has 1 saturated heterocycles. The van der Waals surface area contributed by atoms with Crippen molar-refractivity contribution in [2.24, 2.45) is 5.41 Å². The van der Waals surface area contributed by atoms with Crippen LogP contribution in [0.3, 0.4) is 0 Å². The molecule has 1 aliphatic heterocycles. The van der Waals surface area contributed by atoms with Gasteiger partial charge in [-0.2, -0.15) is 0 Å². The van der Waals surface area contributed by atoms with Crippen molar-refractivity contribution in [3.05, 3.63) is 69.7 Å². The van der Waals surface area contributed by atoms with E-state index in [0.29, 0.717) is 29.3 Å². The van der Waals surface area contributed by atoms with Crippen molar-refractivity contribution in [1.82, 2.24) is 4.90 Å². The third-order valence-electron chi connectivity index (χ3n) is 6.61. The predicted molar refractivity (Wildman–Crippen MR) is 131 cm³/mol. The molecule has 4 unspecified atom stereocenters. The molecule has 1 amide bonds. The molecule has 2 aromatic carbocycles. The Balaban J connectivity index is 2.23. The summed E-state index contributed by atoms with van der Waals surface area (Å²) in [6.45, 7) is 5.43. The molecule has 5 nitrogen and oxygen atoms in total. The van der Waals surface area contributed by atoms with Gasteiger partial charge in [0.05, 0.1) is 24.0 Å². The van der Waals surface area contributed by atoms with Gasteiger partial charge in [-0.1, -0.05) is 61.3 Å². The Bertz CT molecular complexity index is 994. The Morgan fingerprint density at radius 1 is 1.15 bits per heavy atom. The molecular formula is C26H31Cl2NO4. The largest absolute Gasteiger partial charge is 0.481 e. The van der Waals surface area contributed by atoms with E-state index < -0.39 is 17.5 Å². The van der Waals surface area contributed by atoms with E-state index in [2.05, 4.69) is 0 Å². The van der Waals surface area contributed by atoms with Gasteiger partial charge in [-0.05, 0) is 61.6 Å². The van der Waals surface area contributed by atoms with E-state index in [1.165, 1.54) is 0 Å². The summed E-state index contributed by atoms with van der Waals surface area (Å²) >= 11 is 12.5. The third kappa shape index (κ3) is 5.71. The average molecular weight is 492 g/mol. The van der Waals surface area contributed by atoms with Crippen molar-refractivity contribution in [3.63, 3.8) is 0 Å². The molecule has 178 valence electrons. The highest BCUT2D eigenvalue weighted by Gasteiger charge is 2.52. The summed E-state index contributed by atoms with van der Waals surface area (Å²) in [6, 6.07) is 14.4. The van der Waals surface area contributed by atoms with Gasteiger partial charge in [0.1, 0.15) is 0 Å². The van der Waals surface area contributed by atoms with Crippen LogP contribution < -0.4 is 0 Å². The molecule has 1 aliphatic rings. The van der Waals surface area contributed by atoms with Crippen LogP contribution in [0.1, 0.15) is 69.5 Å². The molecular weight excluding hydrogens is 461 g/mol. The molecule has 3 rings (SSSR count). The third-order valence-corrected chi connectivity index (χ3v) is 7.10. The van der Waals surface area contributed by atoms with E-state index in [1.807, 2.05) is 42.2 Å². The quantitative estimate of drug-likeness (QED) is 0.468. The van der Waals surface area contributed by atoms with Gasteiger partial charge in [0.2, 0.25) is 5.91 Å². The number of nitrogens with zero attached hydrogens (tertiary/aromatic N) is 1. The number of halogens is 2. The summed E-state index contributed by atoms with van der Waals surface area (Å²) in [6.07, 6.45) is 0.528. The maximum absolute atomic E-state index is 14.0. The molecule has 33 heavy (non-hydrogen) atoms. The smallest absolute Gasteiger partial charge is 0.304 e. The lowest BCUT2D eigenvalue weighted by molar-refractivity contribution is -0.161. The fraction of sp³-hybridized carbons (Fsp3) is 0.462. The van der Waals surface area contributed by atoms with E-state index in [-0.39, 0.29) is 30.3 Å². The molecule has 2 N–H and O–H groups in total. The van der Waals surface area contributed by atoms with Crippen molar-refractivity contribution in [2.75, 3.05) is 0 Å². The zero-order valence-corrected chi connectivity index (χ0v) is 20.7. The topological polar surface area (TPSA) is 77.8 Å². The molecule has 0 bridgehead atoms.